The van der Waals surface area contributed by atoms with Gasteiger partial charge in [0.05, 0.1) is 17.3 Å². The molecule has 0 unspecified atom stereocenters. The highest BCUT2D eigenvalue weighted by Crippen LogP contribution is 2.16. The summed E-state index contributed by atoms with van der Waals surface area (Å²) in [6.45, 7) is 4.18. The van der Waals surface area contributed by atoms with Gasteiger partial charge in [0.25, 0.3) is 0 Å². The molecule has 0 amide bonds. The monoisotopic (exact) mass is 267 g/mol. The van der Waals surface area contributed by atoms with Gasteiger partial charge in [-0.2, -0.15) is 10.4 Å². The van der Waals surface area contributed by atoms with Gasteiger partial charge in [0.15, 0.2) is 5.82 Å². The molecule has 0 atom stereocenters. The molecule has 20 heavy (non-hydrogen) atoms. The second-order valence-electron chi connectivity index (χ2n) is 5.07. The van der Waals surface area contributed by atoms with Crippen molar-refractivity contribution in [1.82, 2.24) is 14.7 Å². The number of hydrogen-bond donors (Lipinski definition) is 0. The molecule has 1 aliphatic heterocycles. The highest BCUT2D eigenvalue weighted by atomic mass is 15.4. The molecule has 0 bridgehead atoms. The molecule has 0 radical (unpaired) electrons. The first kappa shape index (κ1) is 12.7. The van der Waals surface area contributed by atoms with Crippen LogP contribution in [-0.4, -0.2) is 47.9 Å². The maximum absolute atomic E-state index is 8.81. The fourth-order valence-corrected chi connectivity index (χ4v) is 2.35. The molecule has 3 rings (SSSR count). The Hall–Kier alpha value is -2.32. The molecular formula is C15H17N5. The molecule has 102 valence electrons. The van der Waals surface area contributed by atoms with Gasteiger partial charge in [-0.3, -0.25) is 0 Å². The summed E-state index contributed by atoms with van der Waals surface area (Å²) in [6, 6.07) is 11.6. The van der Waals surface area contributed by atoms with Gasteiger partial charge in [0.2, 0.25) is 0 Å². The van der Waals surface area contributed by atoms with Crippen LogP contribution in [0.5, 0.6) is 0 Å². The number of rotatable bonds is 2. The maximum atomic E-state index is 8.81. The number of hydrogen-bond acceptors (Lipinski definition) is 4. The van der Waals surface area contributed by atoms with Crippen LogP contribution in [-0.2, 0) is 0 Å². The summed E-state index contributed by atoms with van der Waals surface area (Å²) in [6.07, 6.45) is 1.97. The molecule has 5 nitrogen and oxygen atoms in total. The zero-order chi connectivity index (χ0) is 13.9. The normalized spacial score (nSPS) is 16.1. The minimum absolute atomic E-state index is 0.667. The minimum atomic E-state index is 0.667. The average Bonchev–Trinajstić information content (AvgIpc) is 2.98. The lowest BCUT2D eigenvalue weighted by molar-refractivity contribution is 0.312. The third-order valence-electron chi connectivity index (χ3n) is 3.66. The zero-order valence-electron chi connectivity index (χ0n) is 11.5. The van der Waals surface area contributed by atoms with E-state index in [0.29, 0.717) is 5.56 Å². The summed E-state index contributed by atoms with van der Waals surface area (Å²) >= 11 is 0. The fraction of sp³-hybridized carbons (Fsp3) is 0.333. The van der Waals surface area contributed by atoms with Crippen molar-refractivity contribution < 1.29 is 0 Å². The van der Waals surface area contributed by atoms with Crippen LogP contribution in [0.2, 0.25) is 0 Å². The number of aromatic nitrogens is 2. The number of nitrogens with zero attached hydrogens (tertiary/aromatic N) is 5. The molecule has 0 aliphatic carbocycles. The van der Waals surface area contributed by atoms with E-state index in [1.807, 2.05) is 41.2 Å². The SMILES string of the molecule is CN1CCN(c2ccn(-c3ccc(C#N)cc3)n2)CC1. The molecule has 1 fully saturated rings. The molecule has 2 aromatic rings. The Kier molecular flexibility index (Phi) is 3.40. The first-order valence-corrected chi connectivity index (χ1v) is 6.76. The lowest BCUT2D eigenvalue weighted by Gasteiger charge is -2.32. The lowest BCUT2D eigenvalue weighted by Crippen LogP contribution is -2.44. The number of benzene rings is 1. The Bertz CT molecular complexity index is 614. The molecule has 1 aromatic carbocycles. The molecule has 1 saturated heterocycles. The topological polar surface area (TPSA) is 48.1 Å². The van der Waals surface area contributed by atoms with E-state index >= 15 is 0 Å². The molecule has 5 heteroatoms. The average molecular weight is 267 g/mol. The smallest absolute Gasteiger partial charge is 0.151 e. The standard InChI is InChI=1S/C15H17N5/c1-18-8-10-19(11-9-18)15-6-7-20(17-15)14-4-2-13(12-16)3-5-14/h2-7H,8-11H2,1H3. The molecule has 1 aliphatic rings. The van der Waals surface area contributed by atoms with E-state index in [1.54, 1.807) is 0 Å². The minimum Gasteiger partial charge on any atom is -0.353 e. The number of piperazine rings is 1. The van der Waals surface area contributed by atoms with Crippen molar-refractivity contribution in [3.63, 3.8) is 0 Å². The molecule has 1 aromatic heterocycles. The largest absolute Gasteiger partial charge is 0.353 e. The first-order valence-electron chi connectivity index (χ1n) is 6.76. The Morgan fingerprint density at radius 2 is 1.75 bits per heavy atom. The summed E-state index contributed by atoms with van der Waals surface area (Å²) in [7, 11) is 2.15. The maximum Gasteiger partial charge on any atom is 0.151 e. The van der Waals surface area contributed by atoms with E-state index in [2.05, 4.69) is 28.0 Å². The van der Waals surface area contributed by atoms with Crippen molar-refractivity contribution in [3.8, 4) is 11.8 Å². The number of nitriles is 1. The summed E-state index contributed by atoms with van der Waals surface area (Å²) in [5.74, 6) is 1.02. The van der Waals surface area contributed by atoms with Crippen LogP contribution < -0.4 is 4.90 Å². The van der Waals surface area contributed by atoms with E-state index in [-0.39, 0.29) is 0 Å². The van der Waals surface area contributed by atoms with E-state index in [0.717, 1.165) is 37.7 Å². The Morgan fingerprint density at radius 3 is 2.40 bits per heavy atom. The Morgan fingerprint density at radius 1 is 1.05 bits per heavy atom. The highest BCUT2D eigenvalue weighted by molar-refractivity contribution is 5.43. The third kappa shape index (κ3) is 2.51. The van der Waals surface area contributed by atoms with Crippen LogP contribution in [0.3, 0.4) is 0 Å². The predicted molar refractivity (Wildman–Crippen MR) is 78.0 cm³/mol. The molecule has 2 heterocycles. The first-order chi connectivity index (χ1) is 9.76. The van der Waals surface area contributed by atoms with Crippen molar-refractivity contribution in [2.24, 2.45) is 0 Å². The van der Waals surface area contributed by atoms with E-state index in [1.165, 1.54) is 0 Å². The summed E-state index contributed by atoms with van der Waals surface area (Å²) in [5, 5.41) is 13.4. The van der Waals surface area contributed by atoms with Gasteiger partial charge in [-0.25, -0.2) is 4.68 Å². The van der Waals surface area contributed by atoms with Crippen LogP contribution in [0.1, 0.15) is 5.56 Å². The summed E-state index contributed by atoms with van der Waals surface area (Å²) in [4.78, 5) is 4.63. The van der Waals surface area contributed by atoms with Gasteiger partial charge in [0.1, 0.15) is 0 Å². The van der Waals surface area contributed by atoms with Crippen LogP contribution >= 0.6 is 0 Å². The fourth-order valence-electron chi connectivity index (χ4n) is 2.35. The van der Waals surface area contributed by atoms with Gasteiger partial charge < -0.3 is 9.80 Å². The molecule has 0 N–H and O–H groups in total. The van der Waals surface area contributed by atoms with Gasteiger partial charge in [-0.05, 0) is 31.3 Å². The van der Waals surface area contributed by atoms with Crippen molar-refractivity contribution in [1.29, 1.82) is 5.26 Å². The second kappa shape index (κ2) is 5.35. The van der Waals surface area contributed by atoms with E-state index in [4.69, 9.17) is 5.26 Å². The van der Waals surface area contributed by atoms with Crippen LogP contribution in [0.4, 0.5) is 5.82 Å². The number of anilines is 1. The van der Waals surface area contributed by atoms with Gasteiger partial charge >= 0.3 is 0 Å². The summed E-state index contributed by atoms with van der Waals surface area (Å²) in [5.41, 5.74) is 1.64. The third-order valence-corrected chi connectivity index (χ3v) is 3.66. The van der Waals surface area contributed by atoms with Crippen molar-refractivity contribution in [2.75, 3.05) is 38.1 Å². The lowest BCUT2D eigenvalue weighted by atomic mass is 10.2. The molecular weight excluding hydrogens is 250 g/mol. The van der Waals surface area contributed by atoms with Crippen molar-refractivity contribution in [3.05, 3.63) is 42.1 Å². The predicted octanol–water partition coefficient (Wildman–Crippen LogP) is 1.50. The van der Waals surface area contributed by atoms with Crippen LogP contribution in [0.15, 0.2) is 36.5 Å². The van der Waals surface area contributed by atoms with E-state index < -0.39 is 0 Å². The van der Waals surface area contributed by atoms with Crippen molar-refractivity contribution in [2.45, 2.75) is 0 Å². The highest BCUT2D eigenvalue weighted by Gasteiger charge is 2.16. The molecule has 0 saturated carbocycles. The summed E-state index contributed by atoms with van der Waals surface area (Å²) < 4.78 is 1.86. The van der Waals surface area contributed by atoms with Crippen LogP contribution in [0, 0.1) is 11.3 Å². The van der Waals surface area contributed by atoms with Gasteiger partial charge in [-0.1, -0.05) is 0 Å². The second-order valence-corrected chi connectivity index (χ2v) is 5.07. The van der Waals surface area contributed by atoms with E-state index in [9.17, 15) is 0 Å². The zero-order valence-corrected chi connectivity index (χ0v) is 11.5. The quantitative estimate of drug-likeness (QED) is 0.827. The Balaban J connectivity index is 1.77. The Labute approximate surface area is 118 Å². The van der Waals surface area contributed by atoms with Gasteiger partial charge in [0, 0.05) is 38.4 Å². The van der Waals surface area contributed by atoms with Gasteiger partial charge in [-0.15, -0.1) is 0 Å². The number of likely N-dealkylation sites (N-methyl/N-ethyl adjacent to an activating group) is 1. The van der Waals surface area contributed by atoms with Crippen molar-refractivity contribution >= 4 is 5.82 Å². The van der Waals surface area contributed by atoms with Crippen LogP contribution in [0.25, 0.3) is 5.69 Å². The molecule has 0 spiro atoms.